The van der Waals surface area contributed by atoms with Crippen LogP contribution in [0.4, 0.5) is 10.5 Å². The molecule has 20 heteroatoms. The quantitative estimate of drug-likeness (QED) is 0.0315. The van der Waals surface area contributed by atoms with Gasteiger partial charge in [0.05, 0.1) is 49.7 Å². The molecule has 1 saturated heterocycles. The van der Waals surface area contributed by atoms with E-state index in [1.165, 1.54) is 39.3 Å². The Morgan fingerprint density at radius 2 is 1.68 bits per heavy atom. The number of halogens is 1. The number of hydrogen-bond acceptors (Lipinski definition) is 14. The fourth-order valence-corrected chi connectivity index (χ4v) is 7.81. The highest BCUT2D eigenvalue weighted by Crippen LogP contribution is 2.48. The lowest BCUT2D eigenvalue weighted by atomic mass is 9.95. The molecular formula is C45H45ClN6O13. The molecule has 0 bridgehead atoms. The lowest BCUT2D eigenvalue weighted by Gasteiger charge is -2.21. The molecule has 2 aromatic heterocycles. The lowest BCUT2D eigenvalue weighted by Crippen LogP contribution is -2.39. The summed E-state index contributed by atoms with van der Waals surface area (Å²) in [6.45, 7) is 3.23. The third-order valence-corrected chi connectivity index (χ3v) is 11.3. The summed E-state index contributed by atoms with van der Waals surface area (Å²) in [5.74, 6) is -2.73. The Morgan fingerprint density at radius 1 is 0.969 bits per heavy atom. The number of furan rings is 1. The standard InChI is InChI=1S/C45H45ClN6O13/c1-24(26-9-11-29(12-10-26)62-17-7-8-38(56)65-52-35(53)15-16-36(52)54)48-50(4)37(55)23-49(3)45(59)64-33-20-31-40(41-39(44(58)61-6)25(2)47-42(33)41)28(21-46)22-51(31)43(57)34-19-27-18-30(60-5)13-14-32(27)63-34/h9-14,18-20,28,47H,7-8,15-17,21-23H2,1-6H3/b48-24+/t28-/m1/s1. The SMILES string of the molecule is COC(=O)c1c(C)[nH]c2c(OC(=O)N(C)CC(=O)N(C)/N=C(\C)c3ccc(OCCCC(=O)ON4C(=O)CCC4=O)cc3)cc3c(c12)[C@H](CCl)CN3C(=O)c1cc2cc(OC)ccc2o1. The Kier molecular flexibility index (Phi) is 13.4. The first-order valence-corrected chi connectivity index (χ1v) is 20.9. The van der Waals surface area contributed by atoms with Crippen molar-refractivity contribution in [2.24, 2.45) is 5.10 Å². The maximum atomic E-state index is 14.2. The van der Waals surface area contributed by atoms with Crippen molar-refractivity contribution in [1.29, 1.82) is 0 Å². The lowest BCUT2D eigenvalue weighted by molar-refractivity contribution is -0.197. The average molecular weight is 913 g/mol. The number of likely N-dealkylation sites (N-methyl/N-ethyl adjacent to an activating group) is 2. The summed E-state index contributed by atoms with van der Waals surface area (Å²) in [5, 5.41) is 7.02. The Morgan fingerprint density at radius 3 is 2.35 bits per heavy atom. The maximum Gasteiger partial charge on any atom is 0.415 e. The van der Waals surface area contributed by atoms with Gasteiger partial charge in [-0.05, 0) is 79.9 Å². The number of nitrogens with zero attached hydrogens (tertiary/aromatic N) is 5. The van der Waals surface area contributed by atoms with Crippen LogP contribution in [0.2, 0.25) is 0 Å². The van der Waals surface area contributed by atoms with Gasteiger partial charge < -0.3 is 43.0 Å². The van der Waals surface area contributed by atoms with E-state index in [2.05, 4.69) is 10.1 Å². The second-order valence-corrected chi connectivity index (χ2v) is 15.6. The van der Waals surface area contributed by atoms with E-state index >= 15 is 0 Å². The molecule has 2 aliphatic heterocycles. The number of nitrogens with one attached hydrogen (secondary N) is 1. The van der Waals surface area contributed by atoms with Crippen molar-refractivity contribution in [3.63, 3.8) is 0 Å². The number of benzene rings is 3. The third-order valence-electron chi connectivity index (χ3n) is 10.9. The van der Waals surface area contributed by atoms with E-state index in [1.54, 1.807) is 62.4 Å². The number of aromatic amines is 1. The molecule has 1 N–H and O–H groups in total. The maximum absolute atomic E-state index is 14.2. The number of rotatable bonds is 15. The third kappa shape index (κ3) is 9.45. The fraction of sp³-hybridized carbons (Fsp3) is 0.333. The van der Waals surface area contributed by atoms with Crippen LogP contribution < -0.4 is 19.1 Å². The zero-order valence-corrected chi connectivity index (χ0v) is 37.1. The van der Waals surface area contributed by atoms with Gasteiger partial charge in [0.25, 0.3) is 23.6 Å². The minimum atomic E-state index is -0.916. The number of aromatic nitrogens is 1. The van der Waals surface area contributed by atoms with Gasteiger partial charge in [0.15, 0.2) is 11.5 Å². The van der Waals surface area contributed by atoms with Crippen molar-refractivity contribution in [3.8, 4) is 17.2 Å². The van der Waals surface area contributed by atoms with Crippen LogP contribution in [0.25, 0.3) is 21.9 Å². The molecule has 0 spiro atoms. The van der Waals surface area contributed by atoms with Crippen molar-refractivity contribution < 1.29 is 61.8 Å². The Balaban J connectivity index is 1.02. The van der Waals surface area contributed by atoms with Crippen molar-refractivity contribution >= 4 is 86.5 Å². The smallest absolute Gasteiger partial charge is 0.415 e. The predicted molar refractivity (Wildman–Crippen MR) is 234 cm³/mol. The number of carbonyl (C=O) groups excluding carboxylic acids is 7. The number of fused-ring (bicyclic) bond motifs is 4. The Bertz CT molecular complexity index is 2750. The number of H-pyrrole nitrogens is 1. The van der Waals surface area contributed by atoms with Gasteiger partial charge >= 0.3 is 18.0 Å². The minimum absolute atomic E-state index is 0.0150. The summed E-state index contributed by atoms with van der Waals surface area (Å²) >= 11 is 6.52. The molecule has 1 fully saturated rings. The van der Waals surface area contributed by atoms with Crippen molar-refractivity contribution in [1.82, 2.24) is 20.0 Å². The molecule has 7 rings (SSSR count). The number of anilines is 1. The Labute approximate surface area is 376 Å². The predicted octanol–water partition coefficient (Wildman–Crippen LogP) is 6.08. The van der Waals surface area contributed by atoms with Gasteiger partial charge in [-0.3, -0.25) is 19.2 Å². The molecule has 2 aliphatic rings. The largest absolute Gasteiger partial charge is 0.497 e. The van der Waals surface area contributed by atoms with E-state index in [0.717, 1.165) is 9.91 Å². The number of aryl methyl sites for hydroxylation is 1. The topological polar surface area (TPSA) is 220 Å². The van der Waals surface area contributed by atoms with Gasteiger partial charge in [-0.2, -0.15) is 5.10 Å². The number of esters is 1. The van der Waals surface area contributed by atoms with E-state index in [1.807, 2.05) is 0 Å². The number of amides is 5. The van der Waals surface area contributed by atoms with Gasteiger partial charge in [0.2, 0.25) is 0 Å². The van der Waals surface area contributed by atoms with Crippen LogP contribution in [0.1, 0.15) is 76.3 Å². The van der Waals surface area contributed by atoms with Gasteiger partial charge in [0.1, 0.15) is 23.6 Å². The van der Waals surface area contributed by atoms with Crippen LogP contribution in [-0.4, -0.2) is 121 Å². The molecular weight excluding hydrogens is 868 g/mol. The molecule has 0 aliphatic carbocycles. The van der Waals surface area contributed by atoms with E-state index in [9.17, 15) is 33.6 Å². The second kappa shape index (κ2) is 19.1. The monoisotopic (exact) mass is 912 g/mol. The number of methoxy groups -OCH3 is 2. The van der Waals surface area contributed by atoms with E-state index in [0.29, 0.717) is 66.7 Å². The first-order chi connectivity index (χ1) is 31.1. The number of alkyl halides is 1. The molecule has 340 valence electrons. The van der Waals surface area contributed by atoms with Gasteiger partial charge in [-0.25, -0.2) is 19.4 Å². The molecule has 5 amide bonds. The minimum Gasteiger partial charge on any atom is -0.497 e. The Hall–Kier alpha value is -7.41. The first kappa shape index (κ1) is 45.6. The molecule has 0 saturated carbocycles. The number of hydrazone groups is 1. The van der Waals surface area contributed by atoms with Crippen LogP contribution in [0.5, 0.6) is 17.2 Å². The number of ether oxygens (including phenoxy) is 4. The molecule has 0 unspecified atom stereocenters. The van der Waals surface area contributed by atoms with E-state index in [4.69, 9.17) is 39.8 Å². The van der Waals surface area contributed by atoms with Crippen LogP contribution in [0, 0.1) is 6.92 Å². The van der Waals surface area contributed by atoms with E-state index in [-0.39, 0.29) is 61.8 Å². The zero-order chi connectivity index (χ0) is 46.7. The second-order valence-electron chi connectivity index (χ2n) is 15.3. The highest BCUT2D eigenvalue weighted by atomic mass is 35.5. The summed E-state index contributed by atoms with van der Waals surface area (Å²) in [6, 6.07) is 15.1. The number of hydrogen-bond donors (Lipinski definition) is 1. The van der Waals surface area contributed by atoms with Crippen LogP contribution in [0.15, 0.2) is 64.1 Å². The van der Waals surface area contributed by atoms with Crippen molar-refractivity contribution in [2.45, 2.75) is 45.4 Å². The van der Waals surface area contributed by atoms with Crippen LogP contribution in [0.3, 0.4) is 0 Å². The summed E-state index contributed by atoms with van der Waals surface area (Å²) in [5.41, 5.74) is 3.45. The summed E-state index contributed by atoms with van der Waals surface area (Å²) < 4.78 is 28.0. The number of imide groups is 1. The molecule has 1 atom stereocenters. The van der Waals surface area contributed by atoms with Crippen molar-refractivity contribution in [3.05, 3.63) is 82.7 Å². The summed E-state index contributed by atoms with van der Waals surface area (Å²) in [6.07, 6.45) is -0.667. The zero-order valence-electron chi connectivity index (χ0n) is 36.4. The molecule has 4 heterocycles. The fourth-order valence-electron chi connectivity index (χ4n) is 7.56. The van der Waals surface area contributed by atoms with Crippen LogP contribution in [-0.2, 0) is 28.8 Å². The summed E-state index contributed by atoms with van der Waals surface area (Å²) in [4.78, 5) is 100. The summed E-state index contributed by atoms with van der Waals surface area (Å²) in [7, 11) is 5.61. The number of carbonyl (C=O) groups is 7. The highest BCUT2D eigenvalue weighted by molar-refractivity contribution is 6.20. The van der Waals surface area contributed by atoms with Gasteiger partial charge in [-0.1, -0.05) is 0 Å². The molecule has 3 aromatic carbocycles. The van der Waals surface area contributed by atoms with Gasteiger partial charge in [0, 0.05) is 67.8 Å². The first-order valence-electron chi connectivity index (χ1n) is 20.4. The molecule has 0 radical (unpaired) electrons. The molecule has 19 nitrogen and oxygen atoms in total. The van der Waals surface area contributed by atoms with Crippen molar-refractivity contribution in [2.75, 3.05) is 58.8 Å². The number of hydroxylamine groups is 2. The molecule has 65 heavy (non-hydrogen) atoms. The van der Waals surface area contributed by atoms with E-state index < -0.39 is 54.1 Å². The van der Waals surface area contributed by atoms with Gasteiger partial charge in [-0.15, -0.1) is 16.7 Å². The highest BCUT2D eigenvalue weighted by Gasteiger charge is 2.39. The normalized spacial score (nSPS) is 14.8. The van der Waals surface area contributed by atoms with Crippen LogP contribution >= 0.6 is 11.6 Å². The average Bonchev–Trinajstić information content (AvgIpc) is 4.07. The molecule has 5 aromatic rings.